The first-order chi connectivity index (χ1) is 17.4. The molecule has 0 unspecified atom stereocenters. The summed E-state index contributed by atoms with van der Waals surface area (Å²) in [5.41, 5.74) is -4.44. The summed E-state index contributed by atoms with van der Waals surface area (Å²) in [6, 6.07) is 4.27. The summed E-state index contributed by atoms with van der Waals surface area (Å²) in [6.45, 7) is 1.04. The van der Waals surface area contributed by atoms with Crippen LogP contribution in [0, 0.1) is 5.82 Å². The standard InChI is InChI=1S/C25H28F6N4O2/c1-34-10-6-16(7-11-34)33-19-12-20(36)35(24(8-3-9-24)25(29,30)31)14-18(19)23(37)32-13-15-4-2-5-17(21(15)26)22(27)28/h2,4-5,12,14,16,22,33H,3,6-11,13H2,1H3,(H,32,37). The lowest BCUT2D eigenvalue weighted by atomic mass is 9.75. The second kappa shape index (κ2) is 10.4. The van der Waals surface area contributed by atoms with Crippen molar-refractivity contribution in [3.63, 3.8) is 0 Å². The zero-order chi connectivity index (χ0) is 27.0. The number of halogens is 6. The molecule has 1 amide bonds. The Kier molecular flexibility index (Phi) is 7.59. The van der Waals surface area contributed by atoms with Crippen LogP contribution in [0.15, 0.2) is 35.3 Å². The molecule has 1 aliphatic heterocycles. The van der Waals surface area contributed by atoms with Crippen LogP contribution >= 0.6 is 0 Å². The highest BCUT2D eigenvalue weighted by Gasteiger charge is 2.60. The Hall–Kier alpha value is -3.02. The van der Waals surface area contributed by atoms with E-state index in [1.54, 1.807) is 0 Å². The fraction of sp³-hybridized carbons (Fsp3) is 0.520. The number of carbonyl (C=O) groups is 1. The third kappa shape index (κ3) is 5.34. The molecular weight excluding hydrogens is 502 g/mol. The van der Waals surface area contributed by atoms with E-state index in [4.69, 9.17) is 0 Å². The first-order valence-corrected chi connectivity index (χ1v) is 12.1. The molecule has 1 aliphatic carbocycles. The van der Waals surface area contributed by atoms with Crippen LogP contribution in [0.3, 0.4) is 0 Å². The predicted octanol–water partition coefficient (Wildman–Crippen LogP) is 4.80. The van der Waals surface area contributed by atoms with E-state index in [0.29, 0.717) is 17.4 Å². The van der Waals surface area contributed by atoms with Gasteiger partial charge in [-0.25, -0.2) is 13.2 Å². The number of likely N-dealkylation sites (tertiary alicyclic amines) is 1. The van der Waals surface area contributed by atoms with Crippen molar-refractivity contribution in [1.29, 1.82) is 0 Å². The number of alkyl halides is 5. The largest absolute Gasteiger partial charge is 0.412 e. The Balaban J connectivity index is 1.67. The normalized spacial score (nSPS) is 18.5. The van der Waals surface area contributed by atoms with Gasteiger partial charge in [0.25, 0.3) is 17.9 Å². The molecule has 12 heteroatoms. The van der Waals surface area contributed by atoms with Crippen molar-refractivity contribution < 1.29 is 31.1 Å². The molecule has 1 saturated heterocycles. The highest BCUT2D eigenvalue weighted by Crippen LogP contribution is 2.50. The van der Waals surface area contributed by atoms with E-state index in [-0.39, 0.29) is 42.1 Å². The minimum Gasteiger partial charge on any atom is -0.381 e. The third-order valence-electron chi connectivity index (χ3n) is 7.33. The molecule has 0 spiro atoms. The maximum Gasteiger partial charge on any atom is 0.412 e. The first kappa shape index (κ1) is 27.0. The number of amides is 1. The molecule has 202 valence electrons. The number of carbonyl (C=O) groups excluding carboxylic acids is 1. The number of hydrogen-bond acceptors (Lipinski definition) is 4. The van der Waals surface area contributed by atoms with E-state index in [1.807, 2.05) is 7.05 Å². The van der Waals surface area contributed by atoms with Crippen LogP contribution in [-0.2, 0) is 12.1 Å². The summed E-state index contributed by atoms with van der Waals surface area (Å²) in [5.74, 6) is -2.03. The number of pyridine rings is 1. The molecule has 1 aromatic carbocycles. The second-order valence-electron chi connectivity index (χ2n) is 9.72. The van der Waals surface area contributed by atoms with Crippen molar-refractivity contribution in [3.05, 3.63) is 63.3 Å². The SMILES string of the molecule is CN1CCC(Nc2cc(=O)n(C3(C(F)(F)F)CCC3)cc2C(=O)NCc2cccc(C(F)F)c2F)CC1. The molecular formula is C25H28F6N4O2. The van der Waals surface area contributed by atoms with Crippen LogP contribution in [0.2, 0.25) is 0 Å². The molecule has 2 aliphatic rings. The van der Waals surface area contributed by atoms with Gasteiger partial charge in [0.05, 0.1) is 16.8 Å². The highest BCUT2D eigenvalue weighted by molar-refractivity contribution is 5.99. The lowest BCUT2D eigenvalue weighted by molar-refractivity contribution is -0.240. The van der Waals surface area contributed by atoms with Crippen LogP contribution in [0.1, 0.15) is 60.0 Å². The van der Waals surface area contributed by atoms with Crippen molar-refractivity contribution in [1.82, 2.24) is 14.8 Å². The number of anilines is 1. The van der Waals surface area contributed by atoms with Gasteiger partial charge in [-0.2, -0.15) is 13.2 Å². The van der Waals surface area contributed by atoms with Crippen LogP contribution in [0.5, 0.6) is 0 Å². The molecule has 0 radical (unpaired) electrons. The van der Waals surface area contributed by atoms with E-state index < -0.39 is 47.5 Å². The van der Waals surface area contributed by atoms with Crippen molar-refractivity contribution in [3.8, 4) is 0 Å². The number of aromatic nitrogens is 1. The molecule has 37 heavy (non-hydrogen) atoms. The maximum atomic E-state index is 14.4. The smallest absolute Gasteiger partial charge is 0.381 e. The highest BCUT2D eigenvalue weighted by atomic mass is 19.4. The number of hydrogen-bond donors (Lipinski definition) is 2. The van der Waals surface area contributed by atoms with Gasteiger partial charge >= 0.3 is 6.18 Å². The topological polar surface area (TPSA) is 66.4 Å². The Bertz CT molecular complexity index is 1200. The molecule has 2 heterocycles. The van der Waals surface area contributed by atoms with Crippen LogP contribution in [0.25, 0.3) is 0 Å². The van der Waals surface area contributed by atoms with Crippen LogP contribution < -0.4 is 16.2 Å². The number of nitrogens with zero attached hydrogens (tertiary/aromatic N) is 2. The van der Waals surface area contributed by atoms with Gasteiger partial charge in [0.1, 0.15) is 11.4 Å². The summed E-state index contributed by atoms with van der Waals surface area (Å²) >= 11 is 0. The van der Waals surface area contributed by atoms with Gasteiger partial charge < -0.3 is 15.5 Å². The van der Waals surface area contributed by atoms with Gasteiger partial charge in [0.2, 0.25) is 0 Å². The maximum absolute atomic E-state index is 14.4. The average Bonchev–Trinajstić information content (AvgIpc) is 2.79. The molecule has 6 nitrogen and oxygen atoms in total. The van der Waals surface area contributed by atoms with Crippen LogP contribution in [-0.4, -0.2) is 47.7 Å². The fourth-order valence-electron chi connectivity index (χ4n) is 4.89. The van der Waals surface area contributed by atoms with Crippen LogP contribution in [0.4, 0.5) is 32.0 Å². The number of nitrogens with one attached hydrogen (secondary N) is 2. The van der Waals surface area contributed by atoms with Gasteiger partial charge in [0.15, 0.2) is 0 Å². The van der Waals surface area contributed by atoms with E-state index in [1.165, 1.54) is 12.1 Å². The Morgan fingerprint density at radius 3 is 2.43 bits per heavy atom. The lowest BCUT2D eigenvalue weighted by Gasteiger charge is -2.44. The summed E-state index contributed by atoms with van der Waals surface area (Å²) in [4.78, 5) is 28.2. The molecule has 2 aromatic rings. The molecule has 2 fully saturated rings. The molecule has 1 saturated carbocycles. The van der Waals surface area contributed by atoms with Crippen molar-refractivity contribution in [2.75, 3.05) is 25.5 Å². The van der Waals surface area contributed by atoms with Gasteiger partial charge in [-0.1, -0.05) is 18.2 Å². The Morgan fingerprint density at radius 2 is 1.86 bits per heavy atom. The van der Waals surface area contributed by atoms with Crippen molar-refractivity contribution in [2.24, 2.45) is 0 Å². The number of rotatable bonds is 7. The second-order valence-corrected chi connectivity index (χ2v) is 9.72. The predicted molar refractivity (Wildman–Crippen MR) is 125 cm³/mol. The van der Waals surface area contributed by atoms with Gasteiger partial charge in [-0.15, -0.1) is 0 Å². The summed E-state index contributed by atoms with van der Waals surface area (Å²) in [7, 11) is 1.95. The van der Waals surface area contributed by atoms with Gasteiger partial charge in [0, 0.05) is 30.4 Å². The minimum atomic E-state index is -4.70. The summed E-state index contributed by atoms with van der Waals surface area (Å²) in [5, 5.41) is 5.53. The molecule has 0 bridgehead atoms. The van der Waals surface area contributed by atoms with E-state index >= 15 is 0 Å². The molecule has 0 atom stereocenters. The summed E-state index contributed by atoms with van der Waals surface area (Å²) < 4.78 is 83.1. The number of piperidine rings is 1. The minimum absolute atomic E-state index is 0.0757. The molecule has 4 rings (SSSR count). The fourth-order valence-corrected chi connectivity index (χ4v) is 4.89. The quantitative estimate of drug-likeness (QED) is 0.505. The Morgan fingerprint density at radius 1 is 1.19 bits per heavy atom. The zero-order valence-electron chi connectivity index (χ0n) is 20.2. The first-order valence-electron chi connectivity index (χ1n) is 12.1. The average molecular weight is 531 g/mol. The molecule has 1 aromatic heterocycles. The monoisotopic (exact) mass is 530 g/mol. The van der Waals surface area contributed by atoms with E-state index in [2.05, 4.69) is 15.5 Å². The van der Waals surface area contributed by atoms with Gasteiger partial charge in [-0.05, 0) is 52.2 Å². The lowest BCUT2D eigenvalue weighted by Crippen LogP contribution is -2.56. The van der Waals surface area contributed by atoms with Gasteiger partial charge in [-0.3, -0.25) is 14.2 Å². The number of benzene rings is 1. The molecule has 2 N–H and O–H groups in total. The summed E-state index contributed by atoms with van der Waals surface area (Å²) in [6.07, 6.45) is -5.75. The third-order valence-corrected chi connectivity index (χ3v) is 7.33. The van der Waals surface area contributed by atoms with Crippen molar-refractivity contribution in [2.45, 2.75) is 62.8 Å². The van der Waals surface area contributed by atoms with E-state index in [9.17, 15) is 35.9 Å². The Labute approximate surface area is 209 Å². The van der Waals surface area contributed by atoms with E-state index in [0.717, 1.165) is 31.4 Å². The zero-order valence-corrected chi connectivity index (χ0v) is 20.2. The van der Waals surface area contributed by atoms with Crippen molar-refractivity contribution >= 4 is 11.6 Å².